The predicted octanol–water partition coefficient (Wildman–Crippen LogP) is 3.44. The molecule has 1 atom stereocenters. The van der Waals surface area contributed by atoms with E-state index in [-0.39, 0.29) is 17.4 Å². The number of anilines is 1. The first-order valence-corrected chi connectivity index (χ1v) is 11.5. The van der Waals surface area contributed by atoms with Gasteiger partial charge in [0.1, 0.15) is 17.3 Å². The fourth-order valence-electron chi connectivity index (χ4n) is 4.11. The van der Waals surface area contributed by atoms with Crippen LogP contribution in [-0.2, 0) is 11.3 Å². The lowest BCUT2D eigenvalue weighted by atomic mass is 9.97. The molecule has 1 fully saturated rings. The number of nitrogens with zero attached hydrogens (tertiary/aromatic N) is 3. The number of ether oxygens (including phenoxy) is 2. The molecule has 0 aliphatic carbocycles. The van der Waals surface area contributed by atoms with Gasteiger partial charge < -0.3 is 19.7 Å². The number of carbonyl (C=O) groups is 1. The highest BCUT2D eigenvalue weighted by Crippen LogP contribution is 2.25. The van der Waals surface area contributed by atoms with Crippen molar-refractivity contribution in [3.8, 4) is 17.2 Å². The lowest BCUT2D eigenvalue weighted by molar-refractivity contribution is -0.125. The summed E-state index contributed by atoms with van der Waals surface area (Å²) in [5, 5.41) is 8.10. The third kappa shape index (κ3) is 5.34. The van der Waals surface area contributed by atoms with Gasteiger partial charge >= 0.3 is 0 Å². The third-order valence-corrected chi connectivity index (χ3v) is 6.13. The van der Waals surface area contributed by atoms with Gasteiger partial charge in [-0.2, -0.15) is 4.68 Å². The molecular formula is C25H27ClN4O4. The predicted molar refractivity (Wildman–Crippen MR) is 131 cm³/mol. The number of halogens is 1. The zero-order valence-electron chi connectivity index (χ0n) is 19.2. The van der Waals surface area contributed by atoms with E-state index >= 15 is 0 Å². The van der Waals surface area contributed by atoms with E-state index in [4.69, 9.17) is 21.1 Å². The van der Waals surface area contributed by atoms with Gasteiger partial charge in [0.05, 0.1) is 25.8 Å². The smallest absolute Gasteiger partial charge is 0.271 e. The summed E-state index contributed by atoms with van der Waals surface area (Å²) in [5.41, 5.74) is 1.19. The number of piperidine rings is 1. The minimum Gasteiger partial charge on any atom is -0.497 e. The van der Waals surface area contributed by atoms with Crippen LogP contribution in [0.15, 0.2) is 59.4 Å². The van der Waals surface area contributed by atoms with Gasteiger partial charge in [-0.3, -0.25) is 9.59 Å². The Labute approximate surface area is 203 Å². The molecule has 2 aromatic carbocycles. The average Bonchev–Trinajstić information content (AvgIpc) is 2.87. The summed E-state index contributed by atoms with van der Waals surface area (Å²) in [5.74, 6) is 1.82. The van der Waals surface area contributed by atoms with E-state index in [2.05, 4.69) is 10.4 Å². The molecule has 9 heteroatoms. The summed E-state index contributed by atoms with van der Waals surface area (Å²) in [4.78, 5) is 27.4. The molecule has 3 aromatic rings. The normalized spacial score (nSPS) is 15.6. The van der Waals surface area contributed by atoms with Crippen molar-refractivity contribution in [3.63, 3.8) is 0 Å². The summed E-state index contributed by atoms with van der Waals surface area (Å²) in [6, 6.07) is 15.7. The Kier molecular flexibility index (Phi) is 7.37. The SMILES string of the molecule is COc1ccc(OC)c(CNC(=O)C2CCCN(c3ccc(=O)n(-c4cccc(Cl)c4)n3)C2)c1. The van der Waals surface area contributed by atoms with Gasteiger partial charge in [-0.05, 0) is 55.3 Å². The summed E-state index contributed by atoms with van der Waals surface area (Å²) in [6.45, 7) is 1.61. The first kappa shape index (κ1) is 23.6. The van der Waals surface area contributed by atoms with Crippen LogP contribution in [0, 0.1) is 5.92 Å². The average molecular weight is 483 g/mol. The van der Waals surface area contributed by atoms with Gasteiger partial charge in [-0.15, -0.1) is 5.10 Å². The van der Waals surface area contributed by atoms with Crippen LogP contribution in [0.2, 0.25) is 5.02 Å². The Morgan fingerprint density at radius 3 is 2.76 bits per heavy atom. The first-order chi connectivity index (χ1) is 16.5. The molecule has 178 valence electrons. The molecule has 1 N–H and O–H groups in total. The quantitative estimate of drug-likeness (QED) is 0.555. The van der Waals surface area contributed by atoms with Crippen molar-refractivity contribution in [3.05, 3.63) is 75.5 Å². The highest BCUT2D eigenvalue weighted by Gasteiger charge is 2.27. The molecule has 0 radical (unpaired) electrons. The molecule has 8 nitrogen and oxygen atoms in total. The van der Waals surface area contributed by atoms with Crippen LogP contribution in [0.25, 0.3) is 5.69 Å². The van der Waals surface area contributed by atoms with Crippen molar-refractivity contribution in [2.75, 3.05) is 32.2 Å². The molecule has 1 amide bonds. The molecule has 1 aliphatic heterocycles. The largest absolute Gasteiger partial charge is 0.497 e. The molecule has 1 unspecified atom stereocenters. The van der Waals surface area contributed by atoms with Gasteiger partial charge in [-0.25, -0.2) is 0 Å². The van der Waals surface area contributed by atoms with Gasteiger partial charge in [0, 0.05) is 36.3 Å². The minimum absolute atomic E-state index is 0.0299. The lowest BCUT2D eigenvalue weighted by Gasteiger charge is -2.33. The van der Waals surface area contributed by atoms with Crippen molar-refractivity contribution in [1.82, 2.24) is 15.1 Å². The standard InChI is InChI=1S/C25H27ClN4O4/c1-33-21-8-9-22(34-2)18(13-21)15-27-25(32)17-5-4-12-29(16-17)23-10-11-24(31)30(28-23)20-7-3-6-19(26)14-20/h3,6-11,13-14,17H,4-5,12,15-16H2,1-2H3,(H,27,32). The van der Waals surface area contributed by atoms with Crippen LogP contribution >= 0.6 is 11.6 Å². The van der Waals surface area contributed by atoms with Crippen molar-refractivity contribution < 1.29 is 14.3 Å². The molecule has 0 bridgehead atoms. The van der Waals surface area contributed by atoms with Gasteiger partial charge in [0.25, 0.3) is 5.56 Å². The van der Waals surface area contributed by atoms with E-state index in [1.165, 1.54) is 10.7 Å². The zero-order valence-corrected chi connectivity index (χ0v) is 19.9. The second kappa shape index (κ2) is 10.6. The number of methoxy groups -OCH3 is 2. The van der Waals surface area contributed by atoms with Crippen molar-refractivity contribution in [2.45, 2.75) is 19.4 Å². The van der Waals surface area contributed by atoms with Crippen LogP contribution in [0.4, 0.5) is 5.82 Å². The van der Waals surface area contributed by atoms with E-state index in [0.717, 1.165) is 24.9 Å². The number of hydrogen-bond donors (Lipinski definition) is 1. The Morgan fingerprint density at radius 2 is 2.00 bits per heavy atom. The summed E-state index contributed by atoms with van der Waals surface area (Å²) >= 11 is 6.09. The molecule has 0 spiro atoms. The van der Waals surface area contributed by atoms with Gasteiger partial charge in [0.15, 0.2) is 0 Å². The summed E-state index contributed by atoms with van der Waals surface area (Å²) in [7, 11) is 3.20. The van der Waals surface area contributed by atoms with Crippen molar-refractivity contribution >= 4 is 23.3 Å². The van der Waals surface area contributed by atoms with E-state index in [1.807, 2.05) is 23.1 Å². The Hall–Kier alpha value is -3.52. The fourth-order valence-corrected chi connectivity index (χ4v) is 4.29. The van der Waals surface area contributed by atoms with Crippen LogP contribution in [-0.4, -0.2) is 43.0 Å². The van der Waals surface area contributed by atoms with Gasteiger partial charge in [-0.1, -0.05) is 17.7 Å². The monoisotopic (exact) mass is 482 g/mol. The number of hydrogen-bond acceptors (Lipinski definition) is 6. The first-order valence-electron chi connectivity index (χ1n) is 11.1. The molecule has 1 aromatic heterocycles. The number of carbonyl (C=O) groups excluding carboxylic acids is 1. The van der Waals surface area contributed by atoms with Crippen molar-refractivity contribution in [2.24, 2.45) is 5.92 Å². The maximum atomic E-state index is 13.0. The van der Waals surface area contributed by atoms with E-state index < -0.39 is 0 Å². The minimum atomic E-state index is -0.246. The Bertz CT molecular complexity index is 1230. The molecule has 34 heavy (non-hydrogen) atoms. The molecular weight excluding hydrogens is 456 g/mol. The highest BCUT2D eigenvalue weighted by atomic mass is 35.5. The Morgan fingerprint density at radius 1 is 1.15 bits per heavy atom. The highest BCUT2D eigenvalue weighted by molar-refractivity contribution is 6.30. The second-order valence-corrected chi connectivity index (χ2v) is 8.54. The number of benzene rings is 2. The molecule has 1 saturated heterocycles. The number of amides is 1. The Balaban J connectivity index is 1.46. The molecule has 1 aliphatic rings. The van der Waals surface area contributed by atoms with Crippen LogP contribution in [0.3, 0.4) is 0 Å². The molecule has 2 heterocycles. The summed E-state index contributed by atoms with van der Waals surface area (Å²) in [6.07, 6.45) is 1.63. The number of rotatable bonds is 7. The molecule has 4 rings (SSSR count). The van der Waals surface area contributed by atoms with Crippen LogP contribution in [0.5, 0.6) is 11.5 Å². The van der Waals surface area contributed by atoms with Crippen LogP contribution < -0.4 is 25.2 Å². The fraction of sp³-hybridized carbons (Fsp3) is 0.320. The molecule has 0 saturated carbocycles. The van der Waals surface area contributed by atoms with E-state index in [0.29, 0.717) is 41.1 Å². The lowest BCUT2D eigenvalue weighted by Crippen LogP contribution is -2.43. The maximum absolute atomic E-state index is 13.0. The topological polar surface area (TPSA) is 85.7 Å². The van der Waals surface area contributed by atoms with Gasteiger partial charge in [0.2, 0.25) is 5.91 Å². The van der Waals surface area contributed by atoms with Crippen LogP contribution in [0.1, 0.15) is 18.4 Å². The van der Waals surface area contributed by atoms with E-state index in [9.17, 15) is 9.59 Å². The zero-order chi connectivity index (χ0) is 24.1. The third-order valence-electron chi connectivity index (χ3n) is 5.90. The number of aromatic nitrogens is 2. The van der Waals surface area contributed by atoms with Crippen molar-refractivity contribution in [1.29, 1.82) is 0 Å². The number of nitrogens with one attached hydrogen (secondary N) is 1. The maximum Gasteiger partial charge on any atom is 0.271 e. The summed E-state index contributed by atoms with van der Waals surface area (Å²) < 4.78 is 12.0. The van der Waals surface area contributed by atoms with E-state index in [1.54, 1.807) is 44.6 Å². The second-order valence-electron chi connectivity index (χ2n) is 8.10.